The van der Waals surface area contributed by atoms with Crippen molar-refractivity contribution in [2.75, 3.05) is 6.54 Å². The summed E-state index contributed by atoms with van der Waals surface area (Å²) in [4.78, 5) is 30.2. The number of nitrogens with one attached hydrogen (secondary N) is 2. The third-order valence-corrected chi connectivity index (χ3v) is 2.74. The number of nitrogens with two attached hydrogens (primary N) is 2. The molecule has 0 rings (SSSR count). The number of carbonyl (C=O) groups is 3. The van der Waals surface area contributed by atoms with E-state index in [9.17, 15) is 14.4 Å². The van der Waals surface area contributed by atoms with E-state index < -0.39 is 42.4 Å². The highest BCUT2D eigenvalue weighted by molar-refractivity contribution is 5.74. The van der Waals surface area contributed by atoms with E-state index in [1.54, 1.807) is 0 Å². The van der Waals surface area contributed by atoms with E-state index in [0.717, 1.165) is 0 Å². The summed E-state index contributed by atoms with van der Waals surface area (Å²) in [6.45, 7) is 0.482. The van der Waals surface area contributed by atoms with Gasteiger partial charge in [0, 0.05) is 6.54 Å². The molecular formula is C12H24N4O9. The summed E-state index contributed by atoms with van der Waals surface area (Å²) < 4.78 is 0. The first-order valence-electron chi connectivity index (χ1n) is 6.92. The Morgan fingerprint density at radius 1 is 1.08 bits per heavy atom. The molecule has 0 aromatic carbocycles. The first kappa shape index (κ1) is 24.9. The van der Waals surface area contributed by atoms with Crippen molar-refractivity contribution in [3.05, 3.63) is 0 Å². The van der Waals surface area contributed by atoms with Crippen LogP contribution in [0.3, 0.4) is 0 Å². The van der Waals surface area contributed by atoms with E-state index in [1.807, 2.05) is 0 Å². The van der Waals surface area contributed by atoms with Gasteiger partial charge in [0.1, 0.15) is 24.4 Å². The Bertz CT molecular complexity index is 448. The van der Waals surface area contributed by atoms with Gasteiger partial charge in [-0.2, -0.15) is 0 Å². The van der Waals surface area contributed by atoms with Gasteiger partial charge in [-0.05, 0) is 12.8 Å². The Morgan fingerprint density at radius 2 is 1.60 bits per heavy atom. The van der Waals surface area contributed by atoms with E-state index in [2.05, 4.69) is 5.32 Å². The highest BCUT2D eigenvalue weighted by Crippen LogP contribution is 2.03. The molecule has 13 nitrogen and oxygen atoms in total. The van der Waals surface area contributed by atoms with Crippen LogP contribution in [0.2, 0.25) is 0 Å². The van der Waals surface area contributed by atoms with Crippen molar-refractivity contribution >= 4 is 24.2 Å². The Kier molecular flexibility index (Phi) is 13.0. The molecule has 0 saturated carbocycles. The molecule has 25 heavy (non-hydrogen) atoms. The predicted octanol–water partition coefficient (Wildman–Crippen LogP) is -4.62. The molecule has 0 aliphatic carbocycles. The first-order chi connectivity index (χ1) is 11.4. The van der Waals surface area contributed by atoms with E-state index >= 15 is 0 Å². The van der Waals surface area contributed by atoms with Gasteiger partial charge in [0.05, 0.1) is 0 Å². The lowest BCUT2D eigenvalue weighted by atomic mass is 10.0. The Balaban J connectivity index is 0. The lowest BCUT2D eigenvalue weighted by Crippen LogP contribution is -2.48. The number of aldehydes is 1. The molecule has 0 amide bonds. The normalized spacial score (nSPS) is 16.2. The van der Waals surface area contributed by atoms with Gasteiger partial charge < -0.3 is 52.2 Å². The summed E-state index contributed by atoms with van der Waals surface area (Å²) >= 11 is 0. The van der Waals surface area contributed by atoms with Crippen molar-refractivity contribution in [2.24, 2.45) is 11.5 Å². The van der Waals surface area contributed by atoms with Crippen LogP contribution < -0.4 is 16.8 Å². The zero-order chi connectivity index (χ0) is 20.2. The van der Waals surface area contributed by atoms with Crippen molar-refractivity contribution in [3.63, 3.8) is 0 Å². The van der Waals surface area contributed by atoms with Crippen LogP contribution in [0.1, 0.15) is 12.8 Å². The maximum atomic E-state index is 10.2. The fourth-order valence-electron chi connectivity index (χ4n) is 1.28. The van der Waals surface area contributed by atoms with E-state index in [-0.39, 0.29) is 12.2 Å². The van der Waals surface area contributed by atoms with E-state index in [1.165, 1.54) is 0 Å². The first-order valence-corrected chi connectivity index (χ1v) is 6.92. The zero-order valence-electron chi connectivity index (χ0n) is 13.1. The fraction of sp³-hybridized carbons (Fsp3) is 0.667. The summed E-state index contributed by atoms with van der Waals surface area (Å²) in [5.41, 5.74) is 10.2. The number of carboxylic acids is 2. The van der Waals surface area contributed by atoms with Gasteiger partial charge in [-0.25, -0.2) is 4.79 Å². The summed E-state index contributed by atoms with van der Waals surface area (Å²) in [5.74, 6) is -2.87. The third kappa shape index (κ3) is 11.8. The van der Waals surface area contributed by atoms with Crippen molar-refractivity contribution in [1.29, 1.82) is 5.41 Å². The number of hydrogen-bond donors (Lipinski definition) is 10. The van der Waals surface area contributed by atoms with Crippen molar-refractivity contribution in [2.45, 2.75) is 43.3 Å². The Morgan fingerprint density at radius 3 is 1.96 bits per heavy atom. The van der Waals surface area contributed by atoms with Gasteiger partial charge in [-0.3, -0.25) is 10.2 Å². The molecule has 0 aliphatic rings. The second-order valence-electron chi connectivity index (χ2n) is 4.82. The van der Waals surface area contributed by atoms with Crippen LogP contribution in [-0.4, -0.2) is 91.8 Å². The molecule has 0 fully saturated rings. The van der Waals surface area contributed by atoms with Gasteiger partial charge in [-0.15, -0.1) is 0 Å². The van der Waals surface area contributed by atoms with Crippen LogP contribution in [0.4, 0.5) is 0 Å². The minimum atomic E-state index is -2.25. The summed E-state index contributed by atoms with van der Waals surface area (Å²) in [5, 5.41) is 60.9. The van der Waals surface area contributed by atoms with Crippen LogP contribution in [0, 0.1) is 5.41 Å². The average molecular weight is 368 g/mol. The molecular weight excluding hydrogens is 344 g/mol. The minimum absolute atomic E-state index is 0.0809. The van der Waals surface area contributed by atoms with Crippen LogP contribution >= 0.6 is 0 Å². The van der Waals surface area contributed by atoms with Crippen LogP contribution in [-0.2, 0) is 14.4 Å². The molecule has 0 aromatic rings. The number of rotatable bonds is 10. The number of aliphatic hydroxyl groups is 4. The highest BCUT2D eigenvalue weighted by Gasteiger charge is 2.34. The second kappa shape index (κ2) is 13.0. The molecule has 12 N–H and O–H groups in total. The van der Waals surface area contributed by atoms with Crippen molar-refractivity contribution < 1.29 is 45.0 Å². The molecule has 0 spiro atoms. The molecule has 0 saturated heterocycles. The summed E-state index contributed by atoms with van der Waals surface area (Å²) in [6.07, 6.45) is -7.42. The molecule has 5 atom stereocenters. The largest absolute Gasteiger partial charge is 0.480 e. The maximum absolute atomic E-state index is 10.2. The number of guanidine groups is 1. The predicted molar refractivity (Wildman–Crippen MR) is 82.5 cm³/mol. The van der Waals surface area contributed by atoms with Crippen LogP contribution in [0.25, 0.3) is 0 Å². The molecule has 0 aromatic heterocycles. The molecule has 0 bridgehead atoms. The molecule has 13 heteroatoms. The van der Waals surface area contributed by atoms with Gasteiger partial charge in [0.25, 0.3) is 0 Å². The van der Waals surface area contributed by atoms with Crippen LogP contribution in [0.5, 0.6) is 0 Å². The quantitative estimate of drug-likeness (QED) is 0.0755. The number of carbonyl (C=O) groups excluding carboxylic acids is 1. The van der Waals surface area contributed by atoms with E-state index in [4.69, 9.17) is 47.5 Å². The molecule has 0 aliphatic heterocycles. The standard InChI is InChI=1S/C6H14N4O2.C6H10O7/c7-4(5(11)12)2-1-3-10-6(8)9;7-1-2(8)3(9)4(10)5(11)6(12)13/h4H,1-3,7H2,(H,11,12)(H4,8,9,10);1-5,8-11H,(H,12,13). The number of hydrogen-bond acceptors (Lipinski definition) is 9. The zero-order valence-corrected chi connectivity index (χ0v) is 13.1. The molecule has 0 heterocycles. The lowest BCUT2D eigenvalue weighted by Gasteiger charge is -2.21. The number of aliphatic carboxylic acids is 2. The van der Waals surface area contributed by atoms with E-state index in [0.29, 0.717) is 19.4 Å². The topological polar surface area (TPSA) is 261 Å². The number of aliphatic hydroxyl groups excluding tert-OH is 4. The number of carboxylic acid groups (broad SMARTS) is 2. The summed E-state index contributed by atoms with van der Waals surface area (Å²) in [7, 11) is 0. The summed E-state index contributed by atoms with van der Waals surface area (Å²) in [6, 6.07) is -0.821. The molecule has 5 unspecified atom stereocenters. The fourth-order valence-corrected chi connectivity index (χ4v) is 1.28. The van der Waals surface area contributed by atoms with Gasteiger partial charge in [-0.1, -0.05) is 0 Å². The Labute approximate surface area is 142 Å². The monoisotopic (exact) mass is 368 g/mol. The van der Waals surface area contributed by atoms with Crippen LogP contribution in [0.15, 0.2) is 0 Å². The lowest BCUT2D eigenvalue weighted by molar-refractivity contribution is -0.163. The highest BCUT2D eigenvalue weighted by atomic mass is 16.4. The second-order valence-corrected chi connectivity index (χ2v) is 4.82. The minimum Gasteiger partial charge on any atom is -0.480 e. The van der Waals surface area contributed by atoms with Gasteiger partial charge in [0.15, 0.2) is 18.3 Å². The third-order valence-electron chi connectivity index (χ3n) is 2.74. The van der Waals surface area contributed by atoms with Crippen molar-refractivity contribution in [1.82, 2.24) is 5.32 Å². The smallest absolute Gasteiger partial charge is 0.335 e. The van der Waals surface area contributed by atoms with Crippen molar-refractivity contribution in [3.8, 4) is 0 Å². The van der Waals surface area contributed by atoms with Gasteiger partial charge in [0.2, 0.25) is 0 Å². The average Bonchev–Trinajstić information content (AvgIpc) is 2.55. The Hall–Kier alpha value is -2.32. The van der Waals surface area contributed by atoms with Gasteiger partial charge >= 0.3 is 11.9 Å². The molecule has 146 valence electrons. The maximum Gasteiger partial charge on any atom is 0.335 e. The molecule has 0 radical (unpaired) electrons. The SMILES string of the molecule is N=C(N)NCCCC(N)C(=O)O.O=CC(O)C(O)C(O)C(O)C(=O)O.